The molecule has 0 aliphatic heterocycles. The van der Waals surface area contributed by atoms with E-state index in [1.807, 2.05) is 23.4 Å². The first-order valence-corrected chi connectivity index (χ1v) is 7.91. The van der Waals surface area contributed by atoms with Crippen molar-refractivity contribution in [2.24, 2.45) is 0 Å². The van der Waals surface area contributed by atoms with Gasteiger partial charge in [-0.15, -0.1) is 11.3 Å². The fraction of sp³-hybridized carbons (Fsp3) is 0.417. The molecule has 0 radical (unpaired) electrons. The van der Waals surface area contributed by atoms with Crippen molar-refractivity contribution in [3.8, 4) is 0 Å². The summed E-state index contributed by atoms with van der Waals surface area (Å²) in [5.41, 5.74) is 5.87. The molecule has 1 aliphatic carbocycles. The molecule has 1 aliphatic rings. The Kier molecular flexibility index (Phi) is 3.32. The SMILES string of the molecule is CN(C(=O)CSc1nc(N)c2ccsc2n1)C1CC1. The Bertz CT molecular complexity index is 623. The summed E-state index contributed by atoms with van der Waals surface area (Å²) in [5.74, 6) is 0.973. The van der Waals surface area contributed by atoms with Crippen molar-refractivity contribution in [1.82, 2.24) is 14.9 Å². The molecule has 5 nitrogen and oxygen atoms in total. The molecule has 3 rings (SSSR count). The highest BCUT2D eigenvalue weighted by molar-refractivity contribution is 7.99. The monoisotopic (exact) mass is 294 g/mol. The Hall–Kier alpha value is -1.34. The number of amides is 1. The van der Waals surface area contributed by atoms with Crippen LogP contribution < -0.4 is 5.73 Å². The van der Waals surface area contributed by atoms with Crippen LogP contribution in [0.1, 0.15) is 12.8 Å². The Morgan fingerprint density at radius 3 is 3.11 bits per heavy atom. The van der Waals surface area contributed by atoms with E-state index >= 15 is 0 Å². The third kappa shape index (κ3) is 2.66. The zero-order valence-electron chi connectivity index (χ0n) is 10.5. The standard InChI is InChI=1S/C12H14N4OS2/c1-16(7-2-3-7)9(17)6-19-12-14-10(13)8-4-5-18-11(8)15-12/h4-5,7H,2-3,6H2,1H3,(H2,13,14,15). The zero-order valence-corrected chi connectivity index (χ0v) is 12.1. The van der Waals surface area contributed by atoms with Crippen LogP contribution in [0.3, 0.4) is 0 Å². The number of carbonyl (C=O) groups excluding carboxylic acids is 1. The van der Waals surface area contributed by atoms with Crippen molar-refractivity contribution in [3.05, 3.63) is 11.4 Å². The van der Waals surface area contributed by atoms with E-state index in [0.29, 0.717) is 22.8 Å². The van der Waals surface area contributed by atoms with Gasteiger partial charge in [-0.3, -0.25) is 4.79 Å². The van der Waals surface area contributed by atoms with E-state index in [1.54, 1.807) is 0 Å². The molecule has 1 saturated carbocycles. The number of hydrogen-bond donors (Lipinski definition) is 1. The van der Waals surface area contributed by atoms with E-state index in [2.05, 4.69) is 9.97 Å². The number of nitrogens with two attached hydrogens (primary N) is 1. The first kappa shape index (κ1) is 12.7. The van der Waals surface area contributed by atoms with Crippen molar-refractivity contribution in [2.75, 3.05) is 18.5 Å². The summed E-state index contributed by atoms with van der Waals surface area (Å²) in [6.07, 6.45) is 2.25. The minimum absolute atomic E-state index is 0.126. The fourth-order valence-electron chi connectivity index (χ4n) is 1.82. The van der Waals surface area contributed by atoms with E-state index in [1.165, 1.54) is 23.1 Å². The molecule has 0 aromatic carbocycles. The predicted octanol–water partition coefficient (Wildman–Crippen LogP) is 1.99. The van der Waals surface area contributed by atoms with Crippen LogP contribution in [-0.4, -0.2) is 39.6 Å². The number of aromatic nitrogens is 2. The number of fused-ring (bicyclic) bond motifs is 1. The lowest BCUT2D eigenvalue weighted by molar-refractivity contribution is -0.127. The van der Waals surface area contributed by atoms with Crippen molar-refractivity contribution >= 4 is 45.0 Å². The molecule has 2 aromatic rings. The number of thioether (sulfide) groups is 1. The average molecular weight is 294 g/mol. The highest BCUT2D eigenvalue weighted by Crippen LogP contribution is 2.28. The molecule has 0 bridgehead atoms. The second-order valence-electron chi connectivity index (χ2n) is 4.56. The maximum atomic E-state index is 11.9. The molecule has 0 saturated heterocycles. The average Bonchev–Trinajstić information content (AvgIpc) is 3.13. The molecule has 7 heteroatoms. The molecule has 2 aromatic heterocycles. The lowest BCUT2D eigenvalue weighted by Crippen LogP contribution is -2.30. The van der Waals surface area contributed by atoms with Gasteiger partial charge in [0.2, 0.25) is 5.91 Å². The molecule has 0 atom stereocenters. The van der Waals surface area contributed by atoms with Gasteiger partial charge in [-0.1, -0.05) is 11.8 Å². The van der Waals surface area contributed by atoms with E-state index in [-0.39, 0.29) is 5.91 Å². The third-order valence-electron chi connectivity index (χ3n) is 3.15. The van der Waals surface area contributed by atoms with Crippen molar-refractivity contribution in [2.45, 2.75) is 24.0 Å². The second kappa shape index (κ2) is 4.97. The van der Waals surface area contributed by atoms with Gasteiger partial charge in [-0.05, 0) is 24.3 Å². The quantitative estimate of drug-likeness (QED) is 0.689. The largest absolute Gasteiger partial charge is 0.383 e. The predicted molar refractivity (Wildman–Crippen MR) is 78.3 cm³/mol. The summed E-state index contributed by atoms with van der Waals surface area (Å²) in [6, 6.07) is 2.36. The summed E-state index contributed by atoms with van der Waals surface area (Å²) in [7, 11) is 1.86. The molecular formula is C12H14N4OS2. The minimum atomic E-state index is 0.126. The maximum Gasteiger partial charge on any atom is 0.233 e. The number of rotatable bonds is 4. The molecule has 2 N–H and O–H groups in total. The first-order valence-electron chi connectivity index (χ1n) is 6.04. The van der Waals surface area contributed by atoms with Crippen molar-refractivity contribution in [3.63, 3.8) is 0 Å². The van der Waals surface area contributed by atoms with Crippen LogP contribution in [0.25, 0.3) is 10.2 Å². The van der Waals surface area contributed by atoms with E-state index in [4.69, 9.17) is 5.73 Å². The molecule has 2 heterocycles. The van der Waals surface area contributed by atoms with Crippen LogP contribution >= 0.6 is 23.1 Å². The molecular weight excluding hydrogens is 280 g/mol. The lowest BCUT2D eigenvalue weighted by atomic mass is 10.4. The molecule has 1 amide bonds. The van der Waals surface area contributed by atoms with Gasteiger partial charge in [0.15, 0.2) is 5.16 Å². The molecule has 0 spiro atoms. The van der Waals surface area contributed by atoms with Crippen LogP contribution in [0.4, 0.5) is 5.82 Å². The Morgan fingerprint density at radius 1 is 1.58 bits per heavy atom. The normalized spacial score (nSPS) is 14.8. The topological polar surface area (TPSA) is 72.1 Å². The van der Waals surface area contributed by atoms with Gasteiger partial charge in [-0.2, -0.15) is 0 Å². The van der Waals surface area contributed by atoms with Crippen LogP contribution in [0.5, 0.6) is 0 Å². The van der Waals surface area contributed by atoms with Gasteiger partial charge >= 0.3 is 0 Å². The van der Waals surface area contributed by atoms with Gasteiger partial charge in [0, 0.05) is 13.1 Å². The van der Waals surface area contributed by atoms with Crippen molar-refractivity contribution in [1.29, 1.82) is 0 Å². The van der Waals surface area contributed by atoms with Gasteiger partial charge in [-0.25, -0.2) is 9.97 Å². The van der Waals surface area contributed by atoms with Gasteiger partial charge in [0.25, 0.3) is 0 Å². The molecule has 19 heavy (non-hydrogen) atoms. The van der Waals surface area contributed by atoms with E-state index < -0.39 is 0 Å². The zero-order chi connectivity index (χ0) is 13.4. The fourth-order valence-corrected chi connectivity index (χ4v) is 3.42. The number of nitrogens with zero attached hydrogens (tertiary/aromatic N) is 3. The molecule has 100 valence electrons. The van der Waals surface area contributed by atoms with Crippen LogP contribution in [-0.2, 0) is 4.79 Å². The van der Waals surface area contributed by atoms with E-state index in [9.17, 15) is 4.79 Å². The van der Waals surface area contributed by atoms with Gasteiger partial charge in [0.1, 0.15) is 10.6 Å². The summed E-state index contributed by atoms with van der Waals surface area (Å²) < 4.78 is 0. The number of hydrogen-bond acceptors (Lipinski definition) is 6. The van der Waals surface area contributed by atoms with Crippen LogP contribution in [0.15, 0.2) is 16.6 Å². The summed E-state index contributed by atoms with van der Waals surface area (Å²) in [5, 5.41) is 3.40. The summed E-state index contributed by atoms with van der Waals surface area (Å²) >= 11 is 2.88. The Labute approximate surface area is 119 Å². The number of anilines is 1. The first-order chi connectivity index (χ1) is 9.15. The number of nitrogen functional groups attached to an aromatic ring is 1. The maximum absolute atomic E-state index is 11.9. The number of carbonyl (C=O) groups is 1. The lowest BCUT2D eigenvalue weighted by Gasteiger charge is -2.15. The molecule has 0 unspecified atom stereocenters. The molecule has 1 fully saturated rings. The van der Waals surface area contributed by atoms with Crippen molar-refractivity contribution < 1.29 is 4.79 Å². The Balaban J connectivity index is 1.69. The van der Waals surface area contributed by atoms with Crippen LogP contribution in [0.2, 0.25) is 0 Å². The van der Waals surface area contributed by atoms with E-state index in [0.717, 1.165) is 23.1 Å². The highest BCUT2D eigenvalue weighted by Gasteiger charge is 2.29. The third-order valence-corrected chi connectivity index (χ3v) is 4.79. The smallest absolute Gasteiger partial charge is 0.233 e. The summed E-state index contributed by atoms with van der Waals surface area (Å²) in [6.45, 7) is 0. The van der Waals surface area contributed by atoms with Gasteiger partial charge in [0.05, 0.1) is 11.1 Å². The number of thiophene rings is 1. The minimum Gasteiger partial charge on any atom is -0.383 e. The second-order valence-corrected chi connectivity index (χ2v) is 6.39. The van der Waals surface area contributed by atoms with Gasteiger partial charge < -0.3 is 10.6 Å². The Morgan fingerprint density at radius 2 is 2.37 bits per heavy atom. The highest BCUT2D eigenvalue weighted by atomic mass is 32.2. The van der Waals surface area contributed by atoms with Crippen LogP contribution in [0, 0.1) is 0 Å². The summed E-state index contributed by atoms with van der Waals surface area (Å²) in [4.78, 5) is 23.2.